The molecule has 0 heterocycles. The second-order valence-electron chi connectivity index (χ2n) is 7.22. The molecule has 0 bridgehead atoms. The fourth-order valence-corrected chi connectivity index (χ4v) is 2.45. The molecule has 0 aliphatic carbocycles. The molecule has 3 heteroatoms. The first-order valence-corrected chi connectivity index (χ1v) is 8.99. The maximum Gasteiger partial charge on any atom is 0.336 e. The monoisotopic (exact) mass is 344 g/mol. The van der Waals surface area contributed by atoms with Crippen molar-refractivity contribution in [2.75, 3.05) is 7.11 Å². The number of esters is 1. The lowest BCUT2D eigenvalue weighted by Crippen LogP contribution is -2.22. The van der Waals surface area contributed by atoms with Gasteiger partial charge in [0.15, 0.2) is 0 Å². The van der Waals surface area contributed by atoms with E-state index in [4.69, 9.17) is 9.47 Å². The molecule has 0 amide bonds. The van der Waals surface area contributed by atoms with Crippen molar-refractivity contribution in [2.45, 2.75) is 59.0 Å². The smallest absolute Gasteiger partial charge is 0.336 e. The van der Waals surface area contributed by atoms with Gasteiger partial charge in [-0.3, -0.25) is 0 Å². The summed E-state index contributed by atoms with van der Waals surface area (Å²) in [7, 11) is 1.77. The number of carbonyl (C=O) groups excluding carboxylic acids is 1. The minimum atomic E-state index is -0.344. The van der Waals surface area contributed by atoms with Gasteiger partial charge in [0.05, 0.1) is 5.60 Å². The van der Waals surface area contributed by atoms with Gasteiger partial charge >= 0.3 is 5.97 Å². The molecule has 138 valence electrons. The van der Waals surface area contributed by atoms with E-state index in [1.165, 1.54) is 12.5 Å². The third-order valence-corrected chi connectivity index (χ3v) is 4.25. The van der Waals surface area contributed by atoms with Crippen LogP contribution in [0.15, 0.2) is 54.1 Å². The maximum atomic E-state index is 11.8. The average Bonchev–Trinajstić information content (AvgIpc) is 2.55. The largest absolute Gasteiger partial charge is 0.423 e. The van der Waals surface area contributed by atoms with Crippen LogP contribution >= 0.6 is 0 Å². The Bertz CT molecular complexity index is 570. The highest BCUT2D eigenvalue weighted by Crippen LogP contribution is 2.20. The van der Waals surface area contributed by atoms with Crippen LogP contribution in [0.1, 0.15) is 53.4 Å². The average molecular weight is 344 g/mol. The molecule has 1 atom stereocenters. The van der Waals surface area contributed by atoms with Gasteiger partial charge in [0.1, 0.15) is 5.75 Å². The predicted molar refractivity (Wildman–Crippen MR) is 104 cm³/mol. The molecular weight excluding hydrogens is 312 g/mol. The lowest BCUT2D eigenvalue weighted by atomic mass is 9.95. The highest BCUT2D eigenvalue weighted by Gasteiger charge is 2.15. The Balaban J connectivity index is 2.33. The first kappa shape index (κ1) is 21.2. The van der Waals surface area contributed by atoms with Crippen LogP contribution in [-0.2, 0) is 9.53 Å². The number of ether oxygens (including phenoxy) is 2. The van der Waals surface area contributed by atoms with Crippen molar-refractivity contribution >= 4 is 5.97 Å². The van der Waals surface area contributed by atoms with E-state index < -0.39 is 0 Å². The van der Waals surface area contributed by atoms with E-state index in [2.05, 4.69) is 26.8 Å². The highest BCUT2D eigenvalue weighted by molar-refractivity contribution is 5.85. The molecule has 0 saturated heterocycles. The number of hydrogen-bond acceptors (Lipinski definition) is 3. The van der Waals surface area contributed by atoms with Crippen LogP contribution in [0.4, 0.5) is 0 Å². The molecule has 1 aromatic rings. The zero-order valence-electron chi connectivity index (χ0n) is 16.2. The van der Waals surface area contributed by atoms with Crippen molar-refractivity contribution < 1.29 is 14.3 Å². The molecule has 1 unspecified atom stereocenters. The SMILES string of the molecule is COC(C)(C)CCCC(C)C/C=C/C(C)=C/C(=O)Oc1ccccc1. The van der Waals surface area contributed by atoms with Crippen molar-refractivity contribution in [2.24, 2.45) is 5.92 Å². The van der Waals surface area contributed by atoms with Crippen LogP contribution in [0, 0.1) is 5.92 Å². The summed E-state index contributed by atoms with van der Waals surface area (Å²) in [6, 6.07) is 9.11. The Hall–Kier alpha value is -1.87. The summed E-state index contributed by atoms with van der Waals surface area (Å²) in [6.45, 7) is 8.42. The van der Waals surface area contributed by atoms with Crippen LogP contribution in [-0.4, -0.2) is 18.7 Å². The molecule has 0 radical (unpaired) electrons. The Kier molecular flexibility index (Phi) is 9.22. The van der Waals surface area contributed by atoms with Gasteiger partial charge < -0.3 is 9.47 Å². The van der Waals surface area contributed by atoms with Gasteiger partial charge in [-0.15, -0.1) is 0 Å². The predicted octanol–water partition coefficient (Wildman–Crippen LogP) is 5.72. The summed E-state index contributed by atoms with van der Waals surface area (Å²) < 4.78 is 10.7. The molecule has 0 aromatic heterocycles. The molecule has 0 aliphatic rings. The van der Waals surface area contributed by atoms with E-state index in [1.807, 2.05) is 31.2 Å². The van der Waals surface area contributed by atoms with Crippen molar-refractivity contribution in [3.8, 4) is 5.75 Å². The standard InChI is InChI=1S/C22H32O3/c1-18(13-10-16-22(3,4)24-5)11-9-12-19(2)17-21(23)25-20-14-7-6-8-15-20/h6-9,12,14-15,17-18H,10-11,13,16H2,1-5H3/b12-9+,19-17+. The summed E-state index contributed by atoms with van der Waals surface area (Å²) in [6.07, 6.45) is 10.1. The Morgan fingerprint density at radius 3 is 2.56 bits per heavy atom. The number of rotatable bonds is 10. The van der Waals surface area contributed by atoms with Crippen LogP contribution in [0.3, 0.4) is 0 Å². The van der Waals surface area contributed by atoms with Crippen molar-refractivity contribution in [1.82, 2.24) is 0 Å². The zero-order valence-corrected chi connectivity index (χ0v) is 16.2. The van der Waals surface area contributed by atoms with Gasteiger partial charge in [0.25, 0.3) is 0 Å². The van der Waals surface area contributed by atoms with Crippen molar-refractivity contribution in [3.05, 3.63) is 54.1 Å². The highest BCUT2D eigenvalue weighted by atomic mass is 16.5. The van der Waals surface area contributed by atoms with Crippen molar-refractivity contribution in [3.63, 3.8) is 0 Å². The van der Waals surface area contributed by atoms with E-state index in [0.29, 0.717) is 11.7 Å². The summed E-state index contributed by atoms with van der Waals surface area (Å²) in [4.78, 5) is 11.8. The van der Waals surface area contributed by atoms with Crippen molar-refractivity contribution in [1.29, 1.82) is 0 Å². The third-order valence-electron chi connectivity index (χ3n) is 4.25. The van der Waals surface area contributed by atoms with E-state index in [-0.39, 0.29) is 11.6 Å². The lowest BCUT2D eigenvalue weighted by Gasteiger charge is -2.23. The number of allylic oxidation sites excluding steroid dienone is 3. The molecule has 0 spiro atoms. The minimum Gasteiger partial charge on any atom is -0.423 e. The topological polar surface area (TPSA) is 35.5 Å². The first-order valence-electron chi connectivity index (χ1n) is 8.99. The molecule has 1 rings (SSSR count). The quantitative estimate of drug-likeness (QED) is 0.236. The molecule has 0 fully saturated rings. The van der Waals surface area contributed by atoms with E-state index in [1.54, 1.807) is 19.2 Å². The second-order valence-corrected chi connectivity index (χ2v) is 7.22. The van der Waals surface area contributed by atoms with Gasteiger partial charge in [-0.25, -0.2) is 4.79 Å². The van der Waals surface area contributed by atoms with Crippen LogP contribution in [0.25, 0.3) is 0 Å². The van der Waals surface area contributed by atoms with Crippen LogP contribution < -0.4 is 4.74 Å². The number of methoxy groups -OCH3 is 1. The number of benzene rings is 1. The van der Waals surface area contributed by atoms with Gasteiger partial charge in [-0.05, 0) is 57.2 Å². The Morgan fingerprint density at radius 2 is 1.92 bits per heavy atom. The van der Waals surface area contributed by atoms with Gasteiger partial charge in [-0.1, -0.05) is 50.1 Å². The van der Waals surface area contributed by atoms with Gasteiger partial charge in [0.2, 0.25) is 0 Å². The molecule has 1 aromatic carbocycles. The van der Waals surface area contributed by atoms with E-state index in [0.717, 1.165) is 24.8 Å². The molecule has 0 saturated carbocycles. The summed E-state index contributed by atoms with van der Waals surface area (Å²) in [5, 5.41) is 0. The molecule has 0 N–H and O–H groups in total. The maximum absolute atomic E-state index is 11.8. The van der Waals surface area contributed by atoms with Gasteiger partial charge in [-0.2, -0.15) is 0 Å². The zero-order chi connectivity index (χ0) is 18.7. The fourth-order valence-electron chi connectivity index (χ4n) is 2.45. The molecule has 25 heavy (non-hydrogen) atoms. The third kappa shape index (κ3) is 9.88. The van der Waals surface area contributed by atoms with Crippen LogP contribution in [0.2, 0.25) is 0 Å². The normalized spacial score (nSPS) is 13.9. The first-order chi connectivity index (χ1) is 11.8. The molecular formula is C22H32O3. The second kappa shape index (κ2) is 10.9. The Morgan fingerprint density at radius 1 is 1.24 bits per heavy atom. The molecule has 0 aliphatic heterocycles. The lowest BCUT2D eigenvalue weighted by molar-refractivity contribution is -0.129. The van der Waals surface area contributed by atoms with E-state index in [9.17, 15) is 4.79 Å². The number of hydrogen-bond donors (Lipinski definition) is 0. The summed E-state index contributed by atoms with van der Waals surface area (Å²) in [5.74, 6) is 0.837. The summed E-state index contributed by atoms with van der Waals surface area (Å²) in [5.41, 5.74) is 0.863. The summed E-state index contributed by atoms with van der Waals surface area (Å²) >= 11 is 0. The Labute approximate surface area is 152 Å². The van der Waals surface area contributed by atoms with E-state index >= 15 is 0 Å². The van der Waals surface area contributed by atoms with Gasteiger partial charge in [0, 0.05) is 13.2 Å². The molecule has 3 nitrogen and oxygen atoms in total. The number of para-hydroxylation sites is 1. The fraction of sp³-hybridized carbons (Fsp3) is 0.500. The number of carbonyl (C=O) groups is 1. The minimum absolute atomic E-state index is 0.0337. The van der Waals surface area contributed by atoms with Crippen LogP contribution in [0.5, 0.6) is 5.75 Å².